The summed E-state index contributed by atoms with van der Waals surface area (Å²) in [5.74, 6) is 0.261. The predicted molar refractivity (Wildman–Crippen MR) is 428 cm³/mol. The van der Waals surface area contributed by atoms with Crippen molar-refractivity contribution in [3.63, 3.8) is 0 Å². The van der Waals surface area contributed by atoms with Gasteiger partial charge in [-0.3, -0.25) is 37.3 Å². The summed E-state index contributed by atoms with van der Waals surface area (Å²) in [6.45, 7) is 12.0. The molecule has 6 atom stereocenters. The number of rotatable bonds is 83. The highest BCUT2D eigenvalue weighted by Crippen LogP contribution is 2.45. The number of carbonyl (C=O) groups excluding carboxylic acids is 4. The first-order chi connectivity index (χ1) is 50.3. The second kappa shape index (κ2) is 75.1. The van der Waals surface area contributed by atoms with Gasteiger partial charge in [0.05, 0.1) is 26.4 Å². The van der Waals surface area contributed by atoms with Crippen molar-refractivity contribution >= 4 is 39.5 Å². The first-order valence-corrected chi connectivity index (χ1v) is 46.9. The summed E-state index contributed by atoms with van der Waals surface area (Å²) >= 11 is 0. The lowest BCUT2D eigenvalue weighted by atomic mass is 9.99. The standard InChI is InChI=1S/C85H166O17P2/c1-8-10-11-12-13-14-15-16-17-20-24-27-30-38-45-52-59-66-82(87)95-72-80(101-84(89)68-61-54-47-39-31-28-25-22-19-18-21-23-26-29-37-44-51-58-65-78(7)9-2)74-99-103(91,92)97-70-79(86)71-98-104(93,94)100-75-81(73-96-83(88)67-60-53-46-41-34-36-43-50-57-64-77(5)6)102-85(90)69-62-55-48-40-33-32-35-42-49-56-63-76(3)4/h76-81,86H,8-75H2,1-7H3,(H,91,92)(H,93,94)/t78?,79-,80-,81-/m1/s1. The maximum Gasteiger partial charge on any atom is 0.472 e. The minimum atomic E-state index is -4.97. The fourth-order valence-corrected chi connectivity index (χ4v) is 14.7. The van der Waals surface area contributed by atoms with Crippen LogP contribution in [0.4, 0.5) is 0 Å². The predicted octanol–water partition coefficient (Wildman–Crippen LogP) is 25.7. The van der Waals surface area contributed by atoms with Gasteiger partial charge in [0.25, 0.3) is 0 Å². The zero-order chi connectivity index (χ0) is 76.5. The third kappa shape index (κ3) is 76.8. The summed E-state index contributed by atoms with van der Waals surface area (Å²) in [6, 6.07) is 0. The Balaban J connectivity index is 5.24. The van der Waals surface area contributed by atoms with Gasteiger partial charge < -0.3 is 33.8 Å². The number of aliphatic hydroxyl groups is 1. The lowest BCUT2D eigenvalue weighted by Crippen LogP contribution is -2.30. The number of phosphoric acid groups is 2. The molecule has 3 N–H and O–H groups in total. The molecule has 0 amide bonds. The molecule has 0 aliphatic carbocycles. The summed E-state index contributed by atoms with van der Waals surface area (Å²) in [6.07, 6.45) is 65.2. The first-order valence-electron chi connectivity index (χ1n) is 43.9. The third-order valence-electron chi connectivity index (χ3n) is 20.2. The second-order valence-electron chi connectivity index (χ2n) is 31.8. The Morgan fingerprint density at radius 2 is 0.490 bits per heavy atom. The van der Waals surface area contributed by atoms with Gasteiger partial charge in [-0.2, -0.15) is 0 Å². The number of carbonyl (C=O) groups is 4. The molecule has 3 unspecified atom stereocenters. The van der Waals surface area contributed by atoms with Gasteiger partial charge in [0.2, 0.25) is 0 Å². The molecule has 0 bridgehead atoms. The Morgan fingerprint density at radius 1 is 0.279 bits per heavy atom. The fraction of sp³-hybridized carbons (Fsp3) is 0.953. The number of esters is 4. The Hall–Kier alpha value is -1.94. The van der Waals surface area contributed by atoms with Crippen molar-refractivity contribution in [3.8, 4) is 0 Å². The Bertz CT molecular complexity index is 2010. The average Bonchev–Trinajstić information content (AvgIpc) is 0.909. The Morgan fingerprint density at radius 3 is 0.731 bits per heavy atom. The molecule has 618 valence electrons. The van der Waals surface area contributed by atoms with Crippen molar-refractivity contribution < 1.29 is 80.2 Å². The van der Waals surface area contributed by atoms with Gasteiger partial charge in [0.1, 0.15) is 19.3 Å². The normalized spacial score (nSPS) is 14.2. The van der Waals surface area contributed by atoms with Gasteiger partial charge in [-0.05, 0) is 43.4 Å². The molecule has 0 saturated carbocycles. The van der Waals surface area contributed by atoms with Crippen LogP contribution in [0.1, 0.15) is 447 Å². The summed E-state index contributed by atoms with van der Waals surface area (Å²) in [5.41, 5.74) is 0. The molecule has 104 heavy (non-hydrogen) atoms. The second-order valence-corrected chi connectivity index (χ2v) is 34.7. The lowest BCUT2D eigenvalue weighted by Gasteiger charge is -2.21. The highest BCUT2D eigenvalue weighted by atomic mass is 31.2. The van der Waals surface area contributed by atoms with Gasteiger partial charge in [0.15, 0.2) is 12.2 Å². The number of aliphatic hydroxyl groups excluding tert-OH is 1. The minimum Gasteiger partial charge on any atom is -0.462 e. The zero-order valence-electron chi connectivity index (χ0n) is 68.5. The van der Waals surface area contributed by atoms with Crippen LogP contribution in [0.3, 0.4) is 0 Å². The first kappa shape index (κ1) is 102. The van der Waals surface area contributed by atoms with E-state index in [9.17, 15) is 43.2 Å². The number of ether oxygens (including phenoxy) is 4. The van der Waals surface area contributed by atoms with E-state index >= 15 is 0 Å². The molecule has 0 heterocycles. The molecule has 0 spiro atoms. The van der Waals surface area contributed by atoms with Crippen LogP contribution >= 0.6 is 15.6 Å². The maximum atomic E-state index is 13.1. The number of unbranched alkanes of at least 4 members (excludes halogenated alkanes) is 50. The molecule has 0 radical (unpaired) electrons. The van der Waals surface area contributed by atoms with Crippen molar-refractivity contribution in [2.24, 2.45) is 17.8 Å². The minimum absolute atomic E-state index is 0.106. The third-order valence-corrected chi connectivity index (χ3v) is 22.1. The fourth-order valence-electron chi connectivity index (χ4n) is 13.2. The van der Waals surface area contributed by atoms with E-state index in [0.717, 1.165) is 108 Å². The van der Waals surface area contributed by atoms with E-state index in [4.69, 9.17) is 37.0 Å². The van der Waals surface area contributed by atoms with Crippen LogP contribution in [-0.4, -0.2) is 96.7 Å². The van der Waals surface area contributed by atoms with Gasteiger partial charge in [-0.15, -0.1) is 0 Å². The summed E-state index contributed by atoms with van der Waals surface area (Å²) in [7, 11) is -9.93. The van der Waals surface area contributed by atoms with E-state index in [1.807, 2.05) is 0 Å². The molecule has 0 aliphatic heterocycles. The molecule has 0 saturated heterocycles. The van der Waals surface area contributed by atoms with Crippen LogP contribution in [-0.2, 0) is 65.4 Å². The van der Waals surface area contributed by atoms with E-state index in [-0.39, 0.29) is 25.7 Å². The highest BCUT2D eigenvalue weighted by molar-refractivity contribution is 7.47. The van der Waals surface area contributed by atoms with E-state index < -0.39 is 97.5 Å². The van der Waals surface area contributed by atoms with Crippen molar-refractivity contribution in [3.05, 3.63) is 0 Å². The molecular weight excluding hydrogens is 1350 g/mol. The van der Waals surface area contributed by atoms with Crippen LogP contribution in [0.5, 0.6) is 0 Å². The molecule has 0 fully saturated rings. The highest BCUT2D eigenvalue weighted by Gasteiger charge is 2.30. The smallest absolute Gasteiger partial charge is 0.462 e. The van der Waals surface area contributed by atoms with Crippen molar-refractivity contribution in [2.45, 2.75) is 465 Å². The summed E-state index contributed by atoms with van der Waals surface area (Å²) < 4.78 is 68.9. The van der Waals surface area contributed by atoms with Crippen molar-refractivity contribution in [1.29, 1.82) is 0 Å². The summed E-state index contributed by atoms with van der Waals surface area (Å²) in [4.78, 5) is 73.2. The number of hydrogen-bond donors (Lipinski definition) is 3. The quantitative estimate of drug-likeness (QED) is 0.0222. The van der Waals surface area contributed by atoms with Crippen LogP contribution in [0.2, 0.25) is 0 Å². The number of hydrogen-bond acceptors (Lipinski definition) is 15. The van der Waals surface area contributed by atoms with Gasteiger partial charge in [-0.25, -0.2) is 9.13 Å². The lowest BCUT2D eigenvalue weighted by molar-refractivity contribution is -0.161. The Labute approximate surface area is 638 Å². The van der Waals surface area contributed by atoms with Crippen LogP contribution in [0.15, 0.2) is 0 Å². The molecular formula is C85H166O17P2. The van der Waals surface area contributed by atoms with E-state index in [0.29, 0.717) is 25.7 Å². The molecule has 0 rings (SSSR count). The van der Waals surface area contributed by atoms with Gasteiger partial charge >= 0.3 is 39.5 Å². The molecule has 0 aromatic carbocycles. The SMILES string of the molecule is CCCCCCCCCCCCCCCCCCCC(=O)OC[C@H](COP(=O)(O)OC[C@@H](O)COP(=O)(O)OC[C@@H](COC(=O)CCCCCCCCCCCC(C)C)OC(=O)CCCCCCCCCCCCC(C)C)OC(=O)CCCCCCCCCCCCCCCCCCCCC(C)CC. The van der Waals surface area contributed by atoms with Gasteiger partial charge in [0, 0.05) is 25.7 Å². The average molecular weight is 1520 g/mol. The van der Waals surface area contributed by atoms with Gasteiger partial charge in [-0.1, -0.05) is 395 Å². The number of phosphoric ester groups is 2. The largest absolute Gasteiger partial charge is 0.472 e. The molecule has 0 aromatic heterocycles. The van der Waals surface area contributed by atoms with E-state index in [1.54, 1.807) is 0 Å². The molecule has 19 heteroatoms. The monoisotopic (exact) mass is 1520 g/mol. The maximum absolute atomic E-state index is 13.1. The van der Waals surface area contributed by atoms with Crippen molar-refractivity contribution in [2.75, 3.05) is 39.6 Å². The van der Waals surface area contributed by atoms with E-state index in [1.165, 1.54) is 257 Å². The van der Waals surface area contributed by atoms with Crippen LogP contribution < -0.4 is 0 Å². The molecule has 0 aliphatic rings. The zero-order valence-corrected chi connectivity index (χ0v) is 70.3. The van der Waals surface area contributed by atoms with Crippen molar-refractivity contribution in [1.82, 2.24) is 0 Å². The molecule has 0 aromatic rings. The van der Waals surface area contributed by atoms with Crippen LogP contribution in [0, 0.1) is 17.8 Å². The Kier molecular flexibility index (Phi) is 73.7. The topological polar surface area (TPSA) is 237 Å². The van der Waals surface area contributed by atoms with E-state index in [2.05, 4.69) is 48.5 Å². The summed E-state index contributed by atoms with van der Waals surface area (Å²) in [5, 5.41) is 10.7. The van der Waals surface area contributed by atoms with Crippen LogP contribution in [0.25, 0.3) is 0 Å². The molecule has 17 nitrogen and oxygen atoms in total.